The van der Waals surface area contributed by atoms with Crippen LogP contribution in [0, 0.1) is 5.82 Å². The van der Waals surface area contributed by atoms with Crippen LogP contribution >= 0.6 is 23.2 Å². The lowest BCUT2D eigenvalue weighted by atomic mass is 9.96. The van der Waals surface area contributed by atoms with Crippen LogP contribution < -0.4 is 5.56 Å². The van der Waals surface area contributed by atoms with E-state index in [1.807, 2.05) is 0 Å². The molecule has 0 aliphatic carbocycles. The Hall–Kier alpha value is -2.84. The van der Waals surface area contributed by atoms with Crippen molar-refractivity contribution in [1.82, 2.24) is 9.78 Å². The standard InChI is InChI=1S/C23H15Cl2FN2O3S/c24-17-7-5-16(6-8-17)22-19(15-3-1-14(2-4-15)13-32(30)31)12-27-28(23(22)29)18-9-10-21(26)20(25)11-18/h1-12H,13H2,(H,30,31)/p-1. The quantitative estimate of drug-likeness (QED) is 0.353. The minimum absolute atomic E-state index is 0.102. The van der Waals surface area contributed by atoms with Gasteiger partial charge in [-0.25, -0.2) is 4.39 Å². The number of aromatic nitrogens is 2. The number of nitrogens with zero attached hydrogens (tertiary/aromatic N) is 2. The van der Waals surface area contributed by atoms with E-state index >= 15 is 0 Å². The van der Waals surface area contributed by atoms with Gasteiger partial charge in [-0.05, 0) is 47.0 Å². The zero-order valence-corrected chi connectivity index (χ0v) is 18.6. The molecule has 0 fully saturated rings. The van der Waals surface area contributed by atoms with Crippen molar-refractivity contribution in [3.63, 3.8) is 0 Å². The van der Waals surface area contributed by atoms with E-state index in [4.69, 9.17) is 23.2 Å². The van der Waals surface area contributed by atoms with Crippen LogP contribution in [0.1, 0.15) is 5.56 Å². The Balaban J connectivity index is 1.91. The Bertz CT molecular complexity index is 1370. The van der Waals surface area contributed by atoms with Crippen LogP contribution in [0.15, 0.2) is 77.7 Å². The van der Waals surface area contributed by atoms with Crippen molar-refractivity contribution in [3.8, 4) is 27.9 Å². The summed E-state index contributed by atoms with van der Waals surface area (Å²) in [5.74, 6) is -0.702. The molecule has 0 saturated carbocycles. The highest BCUT2D eigenvalue weighted by molar-refractivity contribution is 7.78. The molecule has 1 unspecified atom stereocenters. The predicted octanol–water partition coefficient (Wildman–Crippen LogP) is 5.39. The number of hydrogen-bond acceptors (Lipinski definition) is 4. The van der Waals surface area contributed by atoms with Gasteiger partial charge >= 0.3 is 0 Å². The fourth-order valence-electron chi connectivity index (χ4n) is 3.29. The van der Waals surface area contributed by atoms with Crippen LogP contribution in [0.3, 0.4) is 0 Å². The zero-order valence-electron chi connectivity index (χ0n) is 16.3. The van der Waals surface area contributed by atoms with Gasteiger partial charge < -0.3 is 4.55 Å². The molecule has 0 aliphatic heterocycles. The van der Waals surface area contributed by atoms with Crippen molar-refractivity contribution in [2.75, 3.05) is 0 Å². The first-order valence-corrected chi connectivity index (χ1v) is 11.3. The normalized spacial score (nSPS) is 12.0. The predicted molar refractivity (Wildman–Crippen MR) is 123 cm³/mol. The molecule has 0 spiro atoms. The molecule has 32 heavy (non-hydrogen) atoms. The third kappa shape index (κ3) is 4.66. The van der Waals surface area contributed by atoms with E-state index in [9.17, 15) is 17.9 Å². The summed E-state index contributed by atoms with van der Waals surface area (Å²) in [6, 6.07) is 17.5. The maximum Gasteiger partial charge on any atom is 0.279 e. The second-order valence-electron chi connectivity index (χ2n) is 6.90. The molecule has 5 nitrogen and oxygen atoms in total. The molecule has 4 rings (SSSR count). The summed E-state index contributed by atoms with van der Waals surface area (Å²) in [5.41, 5.74) is 2.72. The first-order chi connectivity index (χ1) is 15.3. The first kappa shape index (κ1) is 22.4. The monoisotopic (exact) mass is 487 g/mol. The third-order valence-electron chi connectivity index (χ3n) is 4.81. The molecular weight excluding hydrogens is 474 g/mol. The maximum atomic E-state index is 13.6. The molecule has 1 heterocycles. The van der Waals surface area contributed by atoms with E-state index in [0.717, 1.165) is 4.68 Å². The minimum Gasteiger partial charge on any atom is -0.772 e. The molecule has 0 bridgehead atoms. The average Bonchev–Trinajstić information content (AvgIpc) is 2.76. The van der Waals surface area contributed by atoms with Gasteiger partial charge in [0, 0.05) is 16.3 Å². The smallest absolute Gasteiger partial charge is 0.279 e. The minimum atomic E-state index is -2.20. The Morgan fingerprint density at radius 2 is 1.62 bits per heavy atom. The molecule has 1 atom stereocenters. The summed E-state index contributed by atoms with van der Waals surface area (Å²) in [4.78, 5) is 13.5. The van der Waals surface area contributed by atoms with E-state index in [1.54, 1.807) is 48.5 Å². The number of hydrogen-bond donors (Lipinski definition) is 0. The van der Waals surface area contributed by atoms with Crippen molar-refractivity contribution in [2.45, 2.75) is 5.75 Å². The van der Waals surface area contributed by atoms with Crippen LogP contribution in [0.25, 0.3) is 27.9 Å². The molecule has 0 amide bonds. The zero-order chi connectivity index (χ0) is 22.8. The average molecular weight is 488 g/mol. The third-order valence-corrected chi connectivity index (χ3v) is 5.92. The molecule has 0 radical (unpaired) electrons. The molecule has 3 aromatic carbocycles. The van der Waals surface area contributed by atoms with E-state index < -0.39 is 22.5 Å². The molecule has 0 N–H and O–H groups in total. The lowest BCUT2D eigenvalue weighted by molar-refractivity contribution is 0.536. The Kier molecular flexibility index (Phi) is 6.53. The van der Waals surface area contributed by atoms with Gasteiger partial charge in [0.15, 0.2) is 0 Å². The molecule has 1 aromatic heterocycles. The topological polar surface area (TPSA) is 75.0 Å². The van der Waals surface area contributed by atoms with E-state index in [-0.39, 0.29) is 10.8 Å². The van der Waals surface area contributed by atoms with Gasteiger partial charge in [-0.2, -0.15) is 9.78 Å². The summed E-state index contributed by atoms with van der Waals surface area (Å²) in [7, 11) is 0. The van der Waals surface area contributed by atoms with Crippen LogP contribution in [0.5, 0.6) is 0 Å². The van der Waals surface area contributed by atoms with Crippen LogP contribution in [0.2, 0.25) is 10.0 Å². The number of benzene rings is 3. The van der Waals surface area contributed by atoms with Crippen molar-refractivity contribution in [3.05, 3.63) is 105 Å². The Morgan fingerprint density at radius 3 is 2.25 bits per heavy atom. The van der Waals surface area contributed by atoms with Crippen molar-refractivity contribution in [2.24, 2.45) is 0 Å². The fourth-order valence-corrected chi connectivity index (χ4v) is 4.05. The van der Waals surface area contributed by atoms with E-state index in [1.165, 1.54) is 24.4 Å². The van der Waals surface area contributed by atoms with Crippen LogP contribution in [-0.2, 0) is 16.8 Å². The highest BCUT2D eigenvalue weighted by Gasteiger charge is 2.17. The summed E-state index contributed by atoms with van der Waals surface area (Å²) in [6.45, 7) is 0. The van der Waals surface area contributed by atoms with Gasteiger partial charge in [0.1, 0.15) is 5.82 Å². The van der Waals surface area contributed by atoms with Gasteiger partial charge in [-0.3, -0.25) is 9.00 Å². The van der Waals surface area contributed by atoms with Crippen LogP contribution in [-0.4, -0.2) is 18.5 Å². The van der Waals surface area contributed by atoms with Gasteiger partial charge in [-0.15, -0.1) is 0 Å². The molecule has 162 valence electrons. The second-order valence-corrected chi connectivity index (χ2v) is 8.64. The van der Waals surface area contributed by atoms with Crippen molar-refractivity contribution in [1.29, 1.82) is 0 Å². The highest BCUT2D eigenvalue weighted by Crippen LogP contribution is 2.30. The molecule has 0 saturated heterocycles. The SMILES string of the molecule is O=c1c(-c2ccc(Cl)cc2)c(-c2ccc(CS(=O)[O-])cc2)cnn1-c1ccc(F)c(Cl)c1. The van der Waals surface area contributed by atoms with Crippen molar-refractivity contribution >= 4 is 34.3 Å². The first-order valence-electron chi connectivity index (χ1n) is 9.32. The molecular formula is C23H14Cl2FN2O3S-. The highest BCUT2D eigenvalue weighted by atomic mass is 35.5. The van der Waals surface area contributed by atoms with E-state index in [2.05, 4.69) is 5.10 Å². The fraction of sp³-hybridized carbons (Fsp3) is 0.0435. The number of halogens is 3. The summed E-state index contributed by atoms with van der Waals surface area (Å²) >= 11 is 9.71. The second kappa shape index (κ2) is 9.34. The Morgan fingerprint density at radius 1 is 0.969 bits per heavy atom. The lowest BCUT2D eigenvalue weighted by Crippen LogP contribution is -2.23. The molecule has 0 aliphatic rings. The number of rotatable bonds is 5. The van der Waals surface area contributed by atoms with Gasteiger partial charge in [-0.1, -0.05) is 70.7 Å². The van der Waals surface area contributed by atoms with Gasteiger partial charge in [0.25, 0.3) is 5.56 Å². The van der Waals surface area contributed by atoms with Crippen molar-refractivity contribution < 1.29 is 13.2 Å². The summed E-state index contributed by atoms with van der Waals surface area (Å²) in [5, 5.41) is 4.66. The van der Waals surface area contributed by atoms with Gasteiger partial charge in [0.05, 0.1) is 22.5 Å². The Labute approximate surface area is 195 Å². The summed E-state index contributed by atoms with van der Waals surface area (Å²) < 4.78 is 36.7. The van der Waals surface area contributed by atoms with E-state index in [0.29, 0.717) is 38.5 Å². The lowest BCUT2D eigenvalue weighted by Gasteiger charge is -2.14. The summed E-state index contributed by atoms with van der Waals surface area (Å²) in [6.07, 6.45) is 1.53. The van der Waals surface area contributed by atoms with Gasteiger partial charge in [0.2, 0.25) is 0 Å². The largest absolute Gasteiger partial charge is 0.772 e. The van der Waals surface area contributed by atoms with Crippen LogP contribution in [0.4, 0.5) is 4.39 Å². The maximum absolute atomic E-state index is 13.6. The molecule has 4 aromatic rings. The molecule has 9 heteroatoms.